The van der Waals surface area contributed by atoms with Crippen LogP contribution in [0, 0.1) is 0 Å². The molecule has 428 valence electrons. The number of imide groups is 4. The fourth-order valence-electron chi connectivity index (χ4n) is 13.6. The Hall–Kier alpha value is -11.7. The maximum Gasteiger partial charge on any atom is 0.266 e. The van der Waals surface area contributed by atoms with Crippen LogP contribution >= 0.6 is 0 Å². The van der Waals surface area contributed by atoms with E-state index in [0.29, 0.717) is 76.1 Å². The van der Waals surface area contributed by atoms with Crippen LogP contribution in [0.1, 0.15) is 95.7 Å². The van der Waals surface area contributed by atoms with Gasteiger partial charge in [0.15, 0.2) is 0 Å². The average molecular weight is 1160 g/mol. The van der Waals surface area contributed by atoms with Crippen LogP contribution in [0.3, 0.4) is 0 Å². The summed E-state index contributed by atoms with van der Waals surface area (Å²) in [5, 5.41) is 13.1. The molecule has 0 unspecified atom stereocenters. The summed E-state index contributed by atoms with van der Waals surface area (Å²) in [5.41, 5.74) is 4.54. The topological polar surface area (TPSA) is 214 Å². The standard InChI is InChI=1S/C70H48N8O10/c1-73(2)51-29-27-43-57-39(51)11-9-13-41(57)63(81)75(65(43)83)33-31-55(79)71-49-15-5-7-17-53(49)77-67(85)45-23-19-35-37-21-25-47-62-48(26-22-38(60(37)62)36-20-24-46(68(77)86)61(45)59(35)36)70(88)78(69(47)87)54-18-8-6-16-50(54)72-56(80)32-34-76-64(82)42-14-10-12-40-52(74(3)4)30-28-44(58(40)42)66(76)84/h5-30H,31-34H2,1-4H3,(H,71,79)(H,72,80). The Bertz CT molecular complexity index is 4660. The molecule has 4 heterocycles. The van der Waals surface area contributed by atoms with Gasteiger partial charge < -0.3 is 20.4 Å². The number of para-hydroxylation sites is 4. The zero-order valence-corrected chi connectivity index (χ0v) is 47.6. The predicted octanol–water partition coefficient (Wildman–Crippen LogP) is 11.0. The lowest BCUT2D eigenvalue weighted by atomic mass is 9.82. The molecule has 15 rings (SSSR count). The number of amides is 10. The third kappa shape index (κ3) is 7.54. The third-order valence-electron chi connectivity index (χ3n) is 17.5. The van der Waals surface area contributed by atoms with Gasteiger partial charge in [-0.05, 0) is 117 Å². The number of hydrogen-bond donors (Lipinski definition) is 2. The van der Waals surface area contributed by atoms with Crippen molar-refractivity contribution in [2.45, 2.75) is 12.8 Å². The number of carbonyl (C=O) groups is 10. The van der Waals surface area contributed by atoms with Crippen LogP contribution in [0.2, 0.25) is 0 Å². The van der Waals surface area contributed by atoms with Crippen molar-refractivity contribution in [2.75, 3.05) is 71.5 Å². The second-order valence-electron chi connectivity index (χ2n) is 22.7. The van der Waals surface area contributed by atoms with E-state index in [1.807, 2.05) is 62.3 Å². The molecule has 10 amide bonds. The molecule has 18 heteroatoms. The van der Waals surface area contributed by atoms with Gasteiger partial charge in [-0.25, -0.2) is 9.80 Å². The lowest BCUT2D eigenvalue weighted by molar-refractivity contribution is -0.117. The van der Waals surface area contributed by atoms with E-state index in [-0.39, 0.29) is 70.9 Å². The van der Waals surface area contributed by atoms with Crippen LogP contribution in [-0.4, -0.2) is 110 Å². The van der Waals surface area contributed by atoms with Crippen LogP contribution in [0.4, 0.5) is 34.1 Å². The van der Waals surface area contributed by atoms with Crippen molar-refractivity contribution in [3.63, 3.8) is 0 Å². The van der Waals surface area contributed by atoms with Gasteiger partial charge in [-0.3, -0.25) is 57.7 Å². The van der Waals surface area contributed by atoms with Crippen molar-refractivity contribution in [1.82, 2.24) is 9.80 Å². The largest absolute Gasteiger partial charge is 0.377 e. The van der Waals surface area contributed by atoms with Gasteiger partial charge in [0.2, 0.25) is 11.8 Å². The SMILES string of the molecule is CN(C)c1ccc2c3c(cccc13)C(=O)N(CCC(=O)Nc1ccccc1N1C(=O)c3ccc4c5ccc6c7c(ccc(c8ccc(c3c48)C1=O)c75)C(=O)N(c1ccccc1NC(=O)CCN1C(=O)c3cccc4c(N(C)C)ccc(c34)C1=O)C6=O)C2=O. The number of fused-ring (bicyclic) bond motifs is 2. The Morgan fingerprint density at radius 3 is 0.966 bits per heavy atom. The Morgan fingerprint density at radius 2 is 0.625 bits per heavy atom. The van der Waals surface area contributed by atoms with E-state index in [1.54, 1.807) is 133 Å². The van der Waals surface area contributed by atoms with E-state index in [2.05, 4.69) is 10.6 Å². The van der Waals surface area contributed by atoms with Crippen molar-refractivity contribution in [1.29, 1.82) is 0 Å². The molecule has 2 N–H and O–H groups in total. The van der Waals surface area contributed by atoms with Crippen molar-refractivity contribution in [3.05, 3.63) is 202 Å². The second kappa shape index (κ2) is 19.4. The molecule has 0 atom stereocenters. The van der Waals surface area contributed by atoms with Gasteiger partial charge in [0, 0.05) is 142 Å². The summed E-state index contributed by atoms with van der Waals surface area (Å²) in [6.07, 6.45) is -0.559. The number of hydrogen-bond acceptors (Lipinski definition) is 12. The molecule has 88 heavy (non-hydrogen) atoms. The first-order chi connectivity index (χ1) is 42.5. The molecular formula is C70H48N8O10. The Labute approximate surface area is 500 Å². The molecule has 0 aromatic heterocycles. The molecule has 0 saturated carbocycles. The number of benzene rings is 11. The molecular weight excluding hydrogens is 1110 g/mol. The summed E-state index contributed by atoms with van der Waals surface area (Å²) < 4.78 is 0. The van der Waals surface area contributed by atoms with E-state index in [0.717, 1.165) is 41.7 Å². The molecule has 0 bridgehead atoms. The Kier molecular flexibility index (Phi) is 11.7. The smallest absolute Gasteiger partial charge is 0.266 e. The van der Waals surface area contributed by atoms with Gasteiger partial charge in [-0.1, -0.05) is 72.8 Å². The quantitative estimate of drug-likeness (QED) is 0.0664. The molecule has 18 nitrogen and oxygen atoms in total. The lowest BCUT2D eigenvalue weighted by Gasteiger charge is -2.31. The van der Waals surface area contributed by atoms with E-state index in [1.165, 1.54) is 0 Å². The van der Waals surface area contributed by atoms with E-state index >= 15 is 0 Å². The highest BCUT2D eigenvalue weighted by Gasteiger charge is 2.41. The number of nitrogens with one attached hydrogen (secondary N) is 2. The Balaban J connectivity index is 0.689. The van der Waals surface area contributed by atoms with Gasteiger partial charge in [-0.2, -0.15) is 0 Å². The highest BCUT2D eigenvalue weighted by atomic mass is 16.2. The van der Waals surface area contributed by atoms with Crippen molar-refractivity contribution in [2.24, 2.45) is 0 Å². The molecule has 11 aromatic rings. The first kappa shape index (κ1) is 53.1. The molecule has 0 radical (unpaired) electrons. The van der Waals surface area contributed by atoms with Crippen LogP contribution < -0.4 is 30.2 Å². The average Bonchev–Trinajstić information content (AvgIpc) is 0.718. The maximum atomic E-state index is 14.9. The molecule has 11 aromatic carbocycles. The number of carbonyl (C=O) groups excluding carboxylic acids is 10. The summed E-state index contributed by atoms with van der Waals surface area (Å²) in [6, 6.07) is 44.2. The van der Waals surface area contributed by atoms with Gasteiger partial charge in [-0.15, -0.1) is 0 Å². The molecule has 4 aliphatic rings. The fraction of sp³-hybridized carbons (Fsp3) is 0.114. The van der Waals surface area contributed by atoms with E-state index in [4.69, 9.17) is 0 Å². The molecule has 0 aliphatic carbocycles. The molecule has 0 fully saturated rings. The zero-order valence-electron chi connectivity index (χ0n) is 47.6. The number of rotatable bonds is 12. The van der Waals surface area contributed by atoms with Gasteiger partial charge in [0.25, 0.3) is 47.3 Å². The first-order valence-corrected chi connectivity index (χ1v) is 28.5. The van der Waals surface area contributed by atoms with Crippen molar-refractivity contribution < 1.29 is 47.9 Å². The van der Waals surface area contributed by atoms with Crippen molar-refractivity contribution >= 4 is 158 Å². The third-order valence-corrected chi connectivity index (χ3v) is 17.5. The summed E-state index contributed by atoms with van der Waals surface area (Å²) in [6.45, 7) is -0.464. The lowest BCUT2D eigenvalue weighted by Crippen LogP contribution is -2.42. The minimum absolute atomic E-state index is 0.109. The molecule has 0 spiro atoms. The van der Waals surface area contributed by atoms with E-state index in [9.17, 15) is 47.9 Å². The Morgan fingerprint density at radius 1 is 0.318 bits per heavy atom. The van der Waals surface area contributed by atoms with Crippen LogP contribution in [-0.2, 0) is 9.59 Å². The highest BCUT2D eigenvalue weighted by Crippen LogP contribution is 2.48. The van der Waals surface area contributed by atoms with Gasteiger partial charge >= 0.3 is 0 Å². The highest BCUT2D eigenvalue weighted by molar-refractivity contribution is 6.46. The minimum atomic E-state index is -0.642. The van der Waals surface area contributed by atoms with Crippen LogP contribution in [0.15, 0.2) is 158 Å². The number of anilines is 6. The van der Waals surface area contributed by atoms with E-state index < -0.39 is 59.1 Å². The normalized spacial score (nSPS) is 14.5. The monoisotopic (exact) mass is 1160 g/mol. The van der Waals surface area contributed by atoms with Gasteiger partial charge in [0.1, 0.15) is 0 Å². The van der Waals surface area contributed by atoms with Crippen molar-refractivity contribution in [3.8, 4) is 0 Å². The molecule has 4 aliphatic heterocycles. The summed E-state index contributed by atoms with van der Waals surface area (Å²) in [5.74, 6) is -5.78. The zero-order chi connectivity index (χ0) is 60.9. The van der Waals surface area contributed by atoms with Gasteiger partial charge in [0.05, 0.1) is 22.7 Å². The maximum absolute atomic E-state index is 14.9. The van der Waals surface area contributed by atoms with Crippen LogP contribution in [0.5, 0.6) is 0 Å². The molecule has 0 saturated heterocycles. The van der Waals surface area contributed by atoms with Crippen LogP contribution in [0.25, 0.3) is 64.6 Å². The number of nitrogens with zero attached hydrogens (tertiary/aromatic N) is 6. The first-order valence-electron chi connectivity index (χ1n) is 28.5. The minimum Gasteiger partial charge on any atom is -0.377 e. The second-order valence-corrected chi connectivity index (χ2v) is 22.7. The summed E-state index contributed by atoms with van der Waals surface area (Å²) in [4.78, 5) is 151. The fourth-order valence-corrected chi connectivity index (χ4v) is 13.6. The predicted molar refractivity (Wildman–Crippen MR) is 337 cm³/mol. The summed E-state index contributed by atoms with van der Waals surface area (Å²) >= 11 is 0. The summed E-state index contributed by atoms with van der Waals surface area (Å²) in [7, 11) is 7.52.